The third kappa shape index (κ3) is 3.57. The van der Waals surface area contributed by atoms with Gasteiger partial charge < -0.3 is 9.64 Å². The first-order valence-corrected chi connectivity index (χ1v) is 5.67. The number of hydrogen-bond donors (Lipinski definition) is 0. The van der Waals surface area contributed by atoms with Gasteiger partial charge in [-0.05, 0) is 24.9 Å². The van der Waals surface area contributed by atoms with Gasteiger partial charge in [0.25, 0.3) is 0 Å². The first kappa shape index (κ1) is 13.1. The number of ether oxygens (including phenoxy) is 1. The smallest absolute Gasteiger partial charge is 0.244 e. The first-order valence-electron chi connectivity index (χ1n) is 5.29. The number of halogens is 1. The van der Waals surface area contributed by atoms with Crippen molar-refractivity contribution in [1.29, 1.82) is 0 Å². The van der Waals surface area contributed by atoms with Crippen LogP contribution in [-0.2, 0) is 4.74 Å². The molecule has 1 heterocycles. The minimum Gasteiger partial charge on any atom is -0.383 e. The van der Waals surface area contributed by atoms with E-state index in [1.807, 2.05) is 0 Å². The van der Waals surface area contributed by atoms with Crippen molar-refractivity contribution in [2.75, 3.05) is 25.2 Å². The molecule has 1 unspecified atom stereocenters. The second kappa shape index (κ2) is 6.60. The molecule has 0 aromatic carbocycles. The van der Waals surface area contributed by atoms with Crippen LogP contribution >= 0.6 is 11.6 Å². The number of rotatable bonds is 6. The summed E-state index contributed by atoms with van der Waals surface area (Å²) in [6.45, 7) is 5.67. The van der Waals surface area contributed by atoms with E-state index >= 15 is 0 Å². The molecule has 0 amide bonds. The van der Waals surface area contributed by atoms with Crippen molar-refractivity contribution in [3.05, 3.63) is 11.5 Å². The van der Waals surface area contributed by atoms with E-state index in [0.717, 1.165) is 18.8 Å². The highest BCUT2D eigenvalue weighted by Gasteiger charge is 2.14. The van der Waals surface area contributed by atoms with Crippen molar-refractivity contribution in [3.8, 4) is 0 Å². The van der Waals surface area contributed by atoms with Crippen LogP contribution in [0.25, 0.3) is 0 Å². The van der Waals surface area contributed by atoms with Crippen molar-refractivity contribution < 1.29 is 4.74 Å². The first-order chi connectivity index (χ1) is 7.69. The van der Waals surface area contributed by atoms with Crippen LogP contribution in [0.15, 0.2) is 6.20 Å². The molecule has 0 bridgehead atoms. The standard InChI is InChI=1S/C10H17ClN4O/c1-4-8(2)15(5-6-16-3)9-7-12-14-10(11)13-9/h7-8H,4-6H2,1-3H3. The zero-order valence-electron chi connectivity index (χ0n) is 9.85. The van der Waals surface area contributed by atoms with Crippen LogP contribution in [0.2, 0.25) is 5.28 Å². The van der Waals surface area contributed by atoms with Gasteiger partial charge in [0.2, 0.25) is 5.28 Å². The quantitative estimate of drug-likeness (QED) is 0.764. The summed E-state index contributed by atoms with van der Waals surface area (Å²) in [6, 6.07) is 0.364. The van der Waals surface area contributed by atoms with Crippen molar-refractivity contribution in [3.63, 3.8) is 0 Å². The molecule has 1 rings (SSSR count). The molecular formula is C10H17ClN4O. The summed E-state index contributed by atoms with van der Waals surface area (Å²) in [5, 5.41) is 7.61. The lowest BCUT2D eigenvalue weighted by molar-refractivity contribution is 0.203. The largest absolute Gasteiger partial charge is 0.383 e. The van der Waals surface area contributed by atoms with Crippen LogP contribution in [0.3, 0.4) is 0 Å². The van der Waals surface area contributed by atoms with Gasteiger partial charge in [0.15, 0.2) is 5.82 Å². The minimum absolute atomic E-state index is 0.170. The predicted molar refractivity (Wildman–Crippen MR) is 63.8 cm³/mol. The van der Waals surface area contributed by atoms with Gasteiger partial charge in [-0.3, -0.25) is 0 Å². The number of hydrogen-bond acceptors (Lipinski definition) is 5. The Labute approximate surface area is 101 Å². The predicted octanol–water partition coefficient (Wildman–Crippen LogP) is 1.78. The molecule has 0 spiro atoms. The molecule has 0 aliphatic heterocycles. The summed E-state index contributed by atoms with van der Waals surface area (Å²) in [4.78, 5) is 6.27. The van der Waals surface area contributed by atoms with Crippen LogP contribution in [0, 0.1) is 0 Å². The Hall–Kier alpha value is -0.940. The molecule has 1 aromatic heterocycles. The van der Waals surface area contributed by atoms with Gasteiger partial charge >= 0.3 is 0 Å². The number of aromatic nitrogens is 3. The molecule has 1 atom stereocenters. The normalized spacial score (nSPS) is 12.5. The lowest BCUT2D eigenvalue weighted by Gasteiger charge is -2.28. The van der Waals surface area contributed by atoms with Crippen LogP contribution in [0.5, 0.6) is 0 Å². The Morgan fingerprint density at radius 3 is 2.88 bits per heavy atom. The molecule has 5 nitrogen and oxygen atoms in total. The third-order valence-electron chi connectivity index (χ3n) is 2.47. The number of nitrogens with zero attached hydrogens (tertiary/aromatic N) is 4. The molecule has 0 saturated heterocycles. The third-order valence-corrected chi connectivity index (χ3v) is 2.63. The average molecular weight is 245 g/mol. The Balaban J connectivity index is 2.82. The monoisotopic (exact) mass is 244 g/mol. The summed E-state index contributed by atoms with van der Waals surface area (Å²) in [5.41, 5.74) is 0. The molecule has 0 aliphatic carbocycles. The molecule has 90 valence electrons. The summed E-state index contributed by atoms with van der Waals surface area (Å²) in [5.74, 6) is 0.742. The maximum atomic E-state index is 5.73. The molecule has 0 radical (unpaired) electrons. The number of methoxy groups -OCH3 is 1. The van der Waals surface area contributed by atoms with Crippen molar-refractivity contribution in [2.45, 2.75) is 26.3 Å². The molecule has 6 heteroatoms. The van der Waals surface area contributed by atoms with Crippen LogP contribution < -0.4 is 4.90 Å². The van der Waals surface area contributed by atoms with E-state index in [1.54, 1.807) is 13.3 Å². The van der Waals surface area contributed by atoms with Gasteiger partial charge in [-0.1, -0.05) is 6.92 Å². The Morgan fingerprint density at radius 2 is 2.31 bits per heavy atom. The van der Waals surface area contributed by atoms with Gasteiger partial charge in [-0.25, -0.2) is 0 Å². The van der Waals surface area contributed by atoms with E-state index in [9.17, 15) is 0 Å². The van der Waals surface area contributed by atoms with Gasteiger partial charge in [0.05, 0.1) is 12.8 Å². The van der Waals surface area contributed by atoms with E-state index in [1.165, 1.54) is 0 Å². The highest BCUT2D eigenvalue weighted by Crippen LogP contribution is 2.15. The lowest BCUT2D eigenvalue weighted by atomic mass is 10.2. The van der Waals surface area contributed by atoms with Gasteiger partial charge in [0, 0.05) is 19.7 Å². The summed E-state index contributed by atoms with van der Waals surface area (Å²) in [7, 11) is 1.68. The highest BCUT2D eigenvalue weighted by molar-refractivity contribution is 6.28. The van der Waals surface area contributed by atoms with Crippen LogP contribution in [0.4, 0.5) is 5.82 Å². The molecule has 0 fully saturated rings. The van der Waals surface area contributed by atoms with Crippen LogP contribution in [-0.4, -0.2) is 41.5 Å². The molecule has 0 saturated carbocycles. The Kier molecular flexibility index (Phi) is 5.42. The fraction of sp³-hybridized carbons (Fsp3) is 0.700. The van der Waals surface area contributed by atoms with Crippen molar-refractivity contribution in [2.24, 2.45) is 0 Å². The second-order valence-corrected chi connectivity index (χ2v) is 3.87. The lowest BCUT2D eigenvalue weighted by Crippen LogP contribution is -2.36. The van der Waals surface area contributed by atoms with E-state index in [4.69, 9.17) is 16.3 Å². The molecule has 0 aliphatic rings. The zero-order valence-corrected chi connectivity index (χ0v) is 10.6. The topological polar surface area (TPSA) is 51.1 Å². The number of anilines is 1. The summed E-state index contributed by atoms with van der Waals surface area (Å²) >= 11 is 5.73. The van der Waals surface area contributed by atoms with E-state index in [2.05, 4.69) is 33.9 Å². The fourth-order valence-electron chi connectivity index (χ4n) is 1.38. The van der Waals surface area contributed by atoms with E-state index in [-0.39, 0.29) is 5.28 Å². The van der Waals surface area contributed by atoms with Crippen molar-refractivity contribution >= 4 is 17.4 Å². The minimum atomic E-state index is 0.170. The van der Waals surface area contributed by atoms with Gasteiger partial charge in [0.1, 0.15) is 0 Å². The Morgan fingerprint density at radius 1 is 1.56 bits per heavy atom. The van der Waals surface area contributed by atoms with E-state index in [0.29, 0.717) is 12.6 Å². The molecular weight excluding hydrogens is 228 g/mol. The maximum absolute atomic E-state index is 5.73. The van der Waals surface area contributed by atoms with Crippen LogP contribution in [0.1, 0.15) is 20.3 Å². The maximum Gasteiger partial charge on any atom is 0.244 e. The zero-order chi connectivity index (χ0) is 12.0. The summed E-state index contributed by atoms with van der Waals surface area (Å²) in [6.07, 6.45) is 2.64. The van der Waals surface area contributed by atoms with E-state index < -0.39 is 0 Å². The summed E-state index contributed by atoms with van der Waals surface area (Å²) < 4.78 is 5.08. The highest BCUT2D eigenvalue weighted by atomic mass is 35.5. The Bertz CT molecular complexity index is 323. The SMILES string of the molecule is CCC(C)N(CCOC)c1cnnc(Cl)n1. The van der Waals surface area contributed by atoms with Gasteiger partial charge in [-0.2, -0.15) is 10.1 Å². The second-order valence-electron chi connectivity index (χ2n) is 3.53. The van der Waals surface area contributed by atoms with Crippen molar-refractivity contribution in [1.82, 2.24) is 15.2 Å². The molecule has 1 aromatic rings. The van der Waals surface area contributed by atoms with Gasteiger partial charge in [-0.15, -0.1) is 5.10 Å². The molecule has 16 heavy (non-hydrogen) atoms. The fourth-order valence-corrected chi connectivity index (χ4v) is 1.51. The average Bonchev–Trinajstić information content (AvgIpc) is 2.29. The molecule has 0 N–H and O–H groups in total.